The Morgan fingerprint density at radius 2 is 2.08 bits per heavy atom. The van der Waals surface area contributed by atoms with Gasteiger partial charge in [0.1, 0.15) is 6.10 Å². The highest BCUT2D eigenvalue weighted by molar-refractivity contribution is 5.49. The van der Waals surface area contributed by atoms with Gasteiger partial charge in [0.05, 0.1) is 0 Å². The molecule has 2 rings (SSSR count). The van der Waals surface area contributed by atoms with Crippen molar-refractivity contribution in [1.29, 1.82) is 0 Å². The van der Waals surface area contributed by atoms with E-state index in [1.807, 2.05) is 18.2 Å². The van der Waals surface area contributed by atoms with Crippen molar-refractivity contribution in [1.82, 2.24) is 0 Å². The summed E-state index contributed by atoms with van der Waals surface area (Å²) >= 11 is 0. The number of fused-ring (bicyclic) bond motifs is 1. The molecule has 0 saturated heterocycles. The van der Waals surface area contributed by atoms with Crippen LogP contribution in [0.15, 0.2) is 18.2 Å². The van der Waals surface area contributed by atoms with Crippen molar-refractivity contribution in [3.8, 4) is 0 Å². The molecule has 12 heavy (non-hydrogen) atoms. The monoisotopic (exact) mass is 162 g/mol. The van der Waals surface area contributed by atoms with Crippen LogP contribution >= 0.6 is 0 Å². The van der Waals surface area contributed by atoms with Crippen molar-refractivity contribution in [3.63, 3.8) is 0 Å². The van der Waals surface area contributed by atoms with Gasteiger partial charge in [-0.2, -0.15) is 0 Å². The molecule has 2 nitrogen and oxygen atoms in total. The Hall–Kier alpha value is -1.02. The van der Waals surface area contributed by atoms with E-state index >= 15 is 0 Å². The van der Waals surface area contributed by atoms with E-state index in [0.29, 0.717) is 6.10 Å². The van der Waals surface area contributed by atoms with Crippen molar-refractivity contribution in [2.45, 2.75) is 19.3 Å². The number of hydrogen-bond donors (Lipinski definition) is 2. The topological polar surface area (TPSA) is 46.2 Å². The third kappa shape index (κ3) is 1.18. The molecule has 0 atom stereocenters. The molecule has 0 unspecified atom stereocenters. The number of aryl methyl sites for hydroxylation is 1. The highest BCUT2D eigenvalue weighted by atomic mass is 16.3. The second-order valence-electron chi connectivity index (χ2n) is 3.22. The minimum atomic E-state index is 0.489. The van der Waals surface area contributed by atoms with Gasteiger partial charge in [-0.3, -0.25) is 0 Å². The molecule has 3 N–H and O–H groups in total. The van der Waals surface area contributed by atoms with E-state index in [1.165, 1.54) is 5.56 Å². The molecule has 2 heteroatoms. The van der Waals surface area contributed by atoms with Gasteiger partial charge in [-0.05, 0) is 42.5 Å². The second-order valence-corrected chi connectivity index (χ2v) is 3.22. The standard InChI is InChI=1S/C10H12NO/c11-8-5-4-7-2-1-3-10(12)9(7)6-8/h4-6,12H,1-3,11H2. The Balaban J connectivity index is 2.47. The Bertz CT molecular complexity index is 296. The van der Waals surface area contributed by atoms with E-state index in [4.69, 9.17) is 5.73 Å². The summed E-state index contributed by atoms with van der Waals surface area (Å²) < 4.78 is 0. The minimum absolute atomic E-state index is 0.489. The maximum atomic E-state index is 9.55. The van der Waals surface area contributed by atoms with Crippen LogP contribution in [0.3, 0.4) is 0 Å². The van der Waals surface area contributed by atoms with Crippen LogP contribution in [0.2, 0.25) is 0 Å². The van der Waals surface area contributed by atoms with Crippen molar-refractivity contribution < 1.29 is 5.11 Å². The molecular weight excluding hydrogens is 150 g/mol. The molecule has 0 spiro atoms. The number of aliphatic hydroxyl groups excluding tert-OH is 1. The van der Waals surface area contributed by atoms with Gasteiger partial charge in [-0.25, -0.2) is 0 Å². The van der Waals surface area contributed by atoms with Crippen LogP contribution in [0.25, 0.3) is 0 Å². The Kier molecular flexibility index (Phi) is 1.77. The summed E-state index contributed by atoms with van der Waals surface area (Å²) in [6.07, 6.45) is 3.38. The number of rotatable bonds is 0. The molecule has 0 heterocycles. The summed E-state index contributed by atoms with van der Waals surface area (Å²) in [4.78, 5) is 0. The molecule has 1 aromatic rings. The molecule has 1 aromatic carbocycles. The van der Waals surface area contributed by atoms with Crippen molar-refractivity contribution >= 4 is 5.69 Å². The maximum Gasteiger partial charge on any atom is 0.123 e. The van der Waals surface area contributed by atoms with Gasteiger partial charge in [-0.15, -0.1) is 0 Å². The fraction of sp³-hybridized carbons (Fsp3) is 0.300. The average Bonchev–Trinajstić information content (AvgIpc) is 2.07. The Morgan fingerprint density at radius 1 is 1.25 bits per heavy atom. The average molecular weight is 162 g/mol. The first-order valence-corrected chi connectivity index (χ1v) is 4.21. The lowest BCUT2D eigenvalue weighted by atomic mass is 9.89. The van der Waals surface area contributed by atoms with E-state index in [-0.39, 0.29) is 0 Å². The summed E-state index contributed by atoms with van der Waals surface area (Å²) in [5.41, 5.74) is 8.51. The molecule has 0 aliphatic heterocycles. The van der Waals surface area contributed by atoms with Crippen LogP contribution in [-0.4, -0.2) is 5.11 Å². The third-order valence-electron chi connectivity index (χ3n) is 2.30. The number of anilines is 1. The summed E-state index contributed by atoms with van der Waals surface area (Å²) in [6.45, 7) is 0. The number of hydrogen-bond acceptors (Lipinski definition) is 2. The van der Waals surface area contributed by atoms with Gasteiger partial charge in [0.15, 0.2) is 0 Å². The van der Waals surface area contributed by atoms with Crippen molar-refractivity contribution in [2.24, 2.45) is 0 Å². The van der Waals surface area contributed by atoms with Crippen LogP contribution in [0.5, 0.6) is 0 Å². The molecule has 0 amide bonds. The third-order valence-corrected chi connectivity index (χ3v) is 2.30. The fourth-order valence-corrected chi connectivity index (χ4v) is 1.66. The Morgan fingerprint density at radius 3 is 2.92 bits per heavy atom. The molecule has 0 saturated carbocycles. The first-order valence-electron chi connectivity index (χ1n) is 4.21. The normalized spacial score (nSPS) is 17.4. The largest absolute Gasteiger partial charge is 0.399 e. The van der Waals surface area contributed by atoms with E-state index < -0.39 is 0 Å². The van der Waals surface area contributed by atoms with E-state index in [1.54, 1.807) is 0 Å². The van der Waals surface area contributed by atoms with Gasteiger partial charge in [0, 0.05) is 5.69 Å². The fourth-order valence-electron chi connectivity index (χ4n) is 1.66. The van der Waals surface area contributed by atoms with Crippen LogP contribution < -0.4 is 5.73 Å². The van der Waals surface area contributed by atoms with Gasteiger partial charge in [0.25, 0.3) is 0 Å². The smallest absolute Gasteiger partial charge is 0.123 e. The van der Waals surface area contributed by atoms with Crippen LogP contribution in [0.4, 0.5) is 5.69 Å². The lowest BCUT2D eigenvalue weighted by Crippen LogP contribution is -2.10. The van der Waals surface area contributed by atoms with E-state index in [2.05, 4.69) is 0 Å². The molecular formula is C10H12NO. The number of aliphatic hydroxyl groups is 1. The summed E-state index contributed by atoms with van der Waals surface area (Å²) in [6, 6.07) is 5.74. The predicted octanol–water partition coefficient (Wildman–Crippen LogP) is 1.86. The molecule has 0 aromatic heterocycles. The van der Waals surface area contributed by atoms with Crippen LogP contribution in [0, 0.1) is 6.10 Å². The highest BCUT2D eigenvalue weighted by Gasteiger charge is 2.18. The Labute approximate surface area is 72.0 Å². The summed E-state index contributed by atoms with van der Waals surface area (Å²) in [7, 11) is 0. The van der Waals surface area contributed by atoms with E-state index in [9.17, 15) is 5.11 Å². The molecule has 1 aliphatic rings. The lowest BCUT2D eigenvalue weighted by molar-refractivity contribution is 0.300. The van der Waals surface area contributed by atoms with Gasteiger partial charge >= 0.3 is 0 Å². The molecule has 1 radical (unpaired) electrons. The highest BCUT2D eigenvalue weighted by Crippen LogP contribution is 2.29. The minimum Gasteiger partial charge on any atom is -0.399 e. The first-order chi connectivity index (χ1) is 5.77. The summed E-state index contributed by atoms with van der Waals surface area (Å²) in [5, 5.41) is 9.55. The molecule has 63 valence electrons. The van der Waals surface area contributed by atoms with Crippen molar-refractivity contribution in [3.05, 3.63) is 35.4 Å². The van der Waals surface area contributed by atoms with Crippen LogP contribution in [-0.2, 0) is 6.42 Å². The zero-order valence-corrected chi connectivity index (χ0v) is 6.88. The molecule has 0 bridgehead atoms. The van der Waals surface area contributed by atoms with Gasteiger partial charge in [-0.1, -0.05) is 6.07 Å². The first kappa shape index (κ1) is 7.62. The predicted molar refractivity (Wildman–Crippen MR) is 48.1 cm³/mol. The summed E-state index contributed by atoms with van der Waals surface area (Å²) in [5.74, 6) is 0. The van der Waals surface area contributed by atoms with Crippen LogP contribution in [0.1, 0.15) is 24.0 Å². The molecule has 1 aliphatic carbocycles. The van der Waals surface area contributed by atoms with Gasteiger partial charge in [0.2, 0.25) is 0 Å². The zero-order chi connectivity index (χ0) is 8.55. The number of nitrogens with two attached hydrogens (primary N) is 1. The lowest BCUT2D eigenvalue weighted by Gasteiger charge is -2.20. The second kappa shape index (κ2) is 2.79. The van der Waals surface area contributed by atoms with Gasteiger partial charge < -0.3 is 10.8 Å². The number of nitrogen functional groups attached to an aromatic ring is 1. The van der Waals surface area contributed by atoms with E-state index in [0.717, 1.165) is 30.5 Å². The quantitative estimate of drug-likeness (QED) is 0.572. The molecule has 0 fully saturated rings. The van der Waals surface area contributed by atoms with Crippen molar-refractivity contribution in [2.75, 3.05) is 5.73 Å². The maximum absolute atomic E-state index is 9.55. The SMILES string of the molecule is Nc1ccc2c(c1)[C](O)CCC2. The zero-order valence-electron chi connectivity index (χ0n) is 6.88. The number of benzene rings is 1.